The van der Waals surface area contributed by atoms with Crippen molar-refractivity contribution in [3.05, 3.63) is 63.3 Å². The zero-order valence-corrected chi connectivity index (χ0v) is 20.8. The minimum Gasteiger partial charge on any atom is -0.340 e. The Morgan fingerprint density at radius 3 is 2.74 bits per heavy atom. The SMILES string of the molecule is Cn1cnc(C(=O)Cc2nnc(C[C@H]3CC[C@@H](c4nnc(NC(=O)Cc5ccccn5)s4)C3)s2)c1. The number of pyridine rings is 1. The number of ketones is 1. The molecule has 1 saturated carbocycles. The predicted molar refractivity (Wildman–Crippen MR) is 131 cm³/mol. The first-order chi connectivity index (χ1) is 17.0. The molecule has 0 unspecified atom stereocenters. The minimum absolute atomic E-state index is 0.0478. The Labute approximate surface area is 209 Å². The Kier molecular flexibility index (Phi) is 7.00. The number of nitrogens with zero attached hydrogens (tertiary/aromatic N) is 7. The molecular formula is C23H24N8O2S2. The van der Waals surface area contributed by atoms with Crippen LogP contribution in [0.1, 0.15) is 56.4 Å². The molecule has 180 valence electrons. The largest absolute Gasteiger partial charge is 0.340 e. The second kappa shape index (κ2) is 10.5. The van der Waals surface area contributed by atoms with Gasteiger partial charge in [-0.15, -0.1) is 31.7 Å². The summed E-state index contributed by atoms with van der Waals surface area (Å²) in [5.41, 5.74) is 1.17. The molecule has 1 aliphatic rings. The Hall–Kier alpha value is -3.38. The molecule has 1 fully saturated rings. The van der Waals surface area contributed by atoms with Gasteiger partial charge in [-0.3, -0.25) is 14.6 Å². The van der Waals surface area contributed by atoms with Crippen LogP contribution in [0.4, 0.5) is 5.13 Å². The number of rotatable bonds is 9. The van der Waals surface area contributed by atoms with Crippen LogP contribution < -0.4 is 5.32 Å². The molecule has 1 aliphatic carbocycles. The van der Waals surface area contributed by atoms with E-state index in [-0.39, 0.29) is 24.5 Å². The smallest absolute Gasteiger partial charge is 0.232 e. The van der Waals surface area contributed by atoms with Gasteiger partial charge in [0.2, 0.25) is 11.0 Å². The lowest BCUT2D eigenvalue weighted by atomic mass is 10.0. The molecule has 0 aliphatic heterocycles. The van der Waals surface area contributed by atoms with Gasteiger partial charge in [-0.05, 0) is 37.3 Å². The van der Waals surface area contributed by atoms with Crippen molar-refractivity contribution >= 4 is 39.5 Å². The Morgan fingerprint density at radius 2 is 1.94 bits per heavy atom. The fourth-order valence-electron chi connectivity index (χ4n) is 4.24. The number of amides is 1. The number of Topliss-reactive ketones (excluding diaryl/α,β-unsaturated/α-hetero) is 1. The van der Waals surface area contributed by atoms with E-state index in [1.54, 1.807) is 23.3 Å². The first-order valence-corrected chi connectivity index (χ1v) is 13.0. The van der Waals surface area contributed by atoms with Crippen LogP contribution in [0.25, 0.3) is 0 Å². The molecule has 1 amide bonds. The van der Waals surface area contributed by atoms with Gasteiger partial charge in [-0.2, -0.15) is 0 Å². The molecule has 5 rings (SSSR count). The molecule has 4 aromatic rings. The summed E-state index contributed by atoms with van der Waals surface area (Å²) in [6, 6.07) is 5.50. The number of hydrogen-bond donors (Lipinski definition) is 1. The third-order valence-electron chi connectivity index (χ3n) is 5.92. The van der Waals surface area contributed by atoms with Crippen LogP contribution in [0.2, 0.25) is 0 Å². The lowest BCUT2D eigenvalue weighted by Crippen LogP contribution is -2.14. The number of carbonyl (C=O) groups excluding carboxylic acids is 2. The zero-order valence-electron chi connectivity index (χ0n) is 19.1. The van der Waals surface area contributed by atoms with Crippen LogP contribution in [0.5, 0.6) is 0 Å². The van der Waals surface area contributed by atoms with Gasteiger partial charge in [0.25, 0.3) is 0 Å². The van der Waals surface area contributed by atoms with Gasteiger partial charge < -0.3 is 9.88 Å². The van der Waals surface area contributed by atoms with E-state index in [1.165, 1.54) is 22.7 Å². The summed E-state index contributed by atoms with van der Waals surface area (Å²) in [6.07, 6.45) is 9.39. The van der Waals surface area contributed by atoms with Crippen molar-refractivity contribution in [3.63, 3.8) is 0 Å². The maximum atomic E-state index is 12.4. The molecule has 12 heteroatoms. The van der Waals surface area contributed by atoms with E-state index in [9.17, 15) is 9.59 Å². The maximum absolute atomic E-state index is 12.4. The first kappa shape index (κ1) is 23.4. The number of hydrogen-bond acceptors (Lipinski definition) is 10. The quantitative estimate of drug-likeness (QED) is 0.341. The number of anilines is 1. The second-order valence-corrected chi connectivity index (χ2v) is 10.8. The van der Waals surface area contributed by atoms with E-state index in [4.69, 9.17) is 0 Å². The Balaban J connectivity index is 1.11. The van der Waals surface area contributed by atoms with Gasteiger partial charge >= 0.3 is 0 Å². The predicted octanol–water partition coefficient (Wildman–Crippen LogP) is 3.25. The molecule has 4 aromatic heterocycles. The molecular weight excluding hydrogens is 484 g/mol. The number of nitrogens with one attached hydrogen (secondary N) is 1. The number of carbonyl (C=O) groups is 2. The van der Waals surface area contributed by atoms with E-state index >= 15 is 0 Å². The van der Waals surface area contributed by atoms with Gasteiger partial charge in [0.1, 0.15) is 20.7 Å². The van der Waals surface area contributed by atoms with Gasteiger partial charge in [0, 0.05) is 37.5 Å². The lowest BCUT2D eigenvalue weighted by Gasteiger charge is -2.06. The summed E-state index contributed by atoms with van der Waals surface area (Å²) in [4.78, 5) is 32.9. The highest BCUT2D eigenvalue weighted by atomic mass is 32.1. The first-order valence-electron chi connectivity index (χ1n) is 11.4. The molecule has 1 N–H and O–H groups in total. The minimum atomic E-state index is -0.149. The average Bonchev–Trinajstić information content (AvgIpc) is 3.63. The van der Waals surface area contributed by atoms with Crippen LogP contribution >= 0.6 is 22.7 Å². The van der Waals surface area contributed by atoms with E-state index in [1.807, 2.05) is 25.2 Å². The average molecular weight is 509 g/mol. The van der Waals surface area contributed by atoms with Crippen molar-refractivity contribution in [1.29, 1.82) is 0 Å². The summed E-state index contributed by atoms with van der Waals surface area (Å²) in [5, 5.41) is 23.0. The molecule has 2 atom stereocenters. The molecule has 0 radical (unpaired) electrons. The van der Waals surface area contributed by atoms with Crippen molar-refractivity contribution in [3.8, 4) is 0 Å². The lowest BCUT2D eigenvalue weighted by molar-refractivity contribution is -0.115. The number of imidazole rings is 1. The van der Waals surface area contributed by atoms with E-state index in [0.29, 0.717) is 28.4 Å². The highest BCUT2D eigenvalue weighted by Crippen LogP contribution is 2.41. The van der Waals surface area contributed by atoms with Crippen LogP contribution in [0, 0.1) is 5.92 Å². The Morgan fingerprint density at radius 1 is 1.06 bits per heavy atom. The summed E-state index contributed by atoms with van der Waals surface area (Å²) in [5.74, 6) is 0.619. The molecule has 0 saturated heterocycles. The van der Waals surface area contributed by atoms with Gasteiger partial charge in [0.05, 0.1) is 19.2 Å². The summed E-state index contributed by atoms with van der Waals surface area (Å²) < 4.78 is 1.76. The van der Waals surface area contributed by atoms with Crippen molar-refractivity contribution < 1.29 is 9.59 Å². The fourth-order valence-corrected chi connectivity index (χ4v) is 6.10. The molecule has 0 spiro atoms. The third kappa shape index (κ3) is 6.01. The second-order valence-electron chi connectivity index (χ2n) is 8.69. The summed E-state index contributed by atoms with van der Waals surface area (Å²) in [6.45, 7) is 0. The molecule has 0 aromatic carbocycles. The summed E-state index contributed by atoms with van der Waals surface area (Å²) >= 11 is 2.95. The highest BCUT2D eigenvalue weighted by molar-refractivity contribution is 7.15. The number of aromatic nitrogens is 7. The fraction of sp³-hybridized carbons (Fsp3) is 0.391. The third-order valence-corrected chi connectivity index (χ3v) is 7.87. The van der Waals surface area contributed by atoms with Crippen LogP contribution in [0.15, 0.2) is 36.9 Å². The van der Waals surface area contributed by atoms with Gasteiger partial charge in [-0.25, -0.2) is 4.98 Å². The van der Waals surface area contributed by atoms with Gasteiger partial charge in [-0.1, -0.05) is 17.4 Å². The molecule has 0 bridgehead atoms. The van der Waals surface area contributed by atoms with Crippen LogP contribution in [-0.2, 0) is 31.1 Å². The van der Waals surface area contributed by atoms with E-state index < -0.39 is 0 Å². The zero-order chi connectivity index (χ0) is 24.2. The highest BCUT2D eigenvalue weighted by Gasteiger charge is 2.29. The van der Waals surface area contributed by atoms with Crippen molar-refractivity contribution in [2.45, 2.75) is 44.4 Å². The van der Waals surface area contributed by atoms with E-state index in [0.717, 1.165) is 40.7 Å². The van der Waals surface area contributed by atoms with Gasteiger partial charge in [0.15, 0.2) is 5.78 Å². The maximum Gasteiger partial charge on any atom is 0.232 e. The standard InChI is InChI=1S/C23H24N8O2S2/c1-31-12-17(25-13-31)18(32)11-21-28-27-20(34-21)9-14-5-6-15(8-14)22-29-30-23(35-22)26-19(33)10-16-4-2-3-7-24-16/h2-4,7,12-15H,5-6,8-11H2,1H3,(H,26,30,33)/t14-,15+/m0/s1. The van der Waals surface area contributed by atoms with Crippen molar-refractivity contribution in [2.24, 2.45) is 13.0 Å². The Bertz CT molecular complexity index is 1320. The molecule has 4 heterocycles. The normalized spacial score (nSPS) is 17.5. The number of aryl methyl sites for hydroxylation is 1. The topological polar surface area (TPSA) is 128 Å². The molecule has 10 nitrogen and oxygen atoms in total. The monoisotopic (exact) mass is 508 g/mol. The van der Waals surface area contributed by atoms with E-state index in [2.05, 4.69) is 35.7 Å². The van der Waals surface area contributed by atoms with Crippen LogP contribution in [-0.4, -0.2) is 46.6 Å². The van der Waals surface area contributed by atoms with Crippen LogP contribution in [0.3, 0.4) is 0 Å². The molecule has 35 heavy (non-hydrogen) atoms. The van der Waals surface area contributed by atoms with Crippen molar-refractivity contribution in [1.82, 2.24) is 34.9 Å². The van der Waals surface area contributed by atoms with Crippen molar-refractivity contribution in [2.75, 3.05) is 5.32 Å². The summed E-state index contributed by atoms with van der Waals surface area (Å²) in [7, 11) is 1.84.